The molecule has 2 aromatic rings. The number of likely N-dealkylation sites (tertiary alicyclic amines) is 1. The summed E-state index contributed by atoms with van der Waals surface area (Å²) >= 11 is 0. The Hall–Kier alpha value is -2.34. The lowest BCUT2D eigenvalue weighted by molar-refractivity contribution is 0.185. The first-order valence-corrected chi connectivity index (χ1v) is 9.07. The highest BCUT2D eigenvalue weighted by atomic mass is 16.5. The van der Waals surface area contributed by atoms with E-state index in [1.807, 2.05) is 36.4 Å². The van der Waals surface area contributed by atoms with Gasteiger partial charge in [-0.25, -0.2) is 4.79 Å². The van der Waals surface area contributed by atoms with Gasteiger partial charge in [-0.3, -0.25) is 0 Å². The monoisotopic (exact) mass is 340 g/mol. The second-order valence-electron chi connectivity index (χ2n) is 6.91. The molecule has 6 nitrogen and oxygen atoms in total. The first-order chi connectivity index (χ1) is 12.3. The van der Waals surface area contributed by atoms with E-state index in [2.05, 4.69) is 20.7 Å². The normalized spacial score (nSPS) is 18.9. The van der Waals surface area contributed by atoms with Crippen LogP contribution in [0.5, 0.6) is 0 Å². The van der Waals surface area contributed by atoms with Crippen molar-refractivity contribution in [1.82, 2.24) is 20.7 Å². The Morgan fingerprint density at radius 1 is 1.16 bits per heavy atom. The van der Waals surface area contributed by atoms with Crippen molar-refractivity contribution in [2.75, 3.05) is 13.1 Å². The second kappa shape index (κ2) is 7.27. The summed E-state index contributed by atoms with van der Waals surface area (Å²) in [7, 11) is 0. The molecule has 0 atom stereocenters. The highest BCUT2D eigenvalue weighted by molar-refractivity contribution is 5.74. The number of carbonyl (C=O) groups excluding carboxylic acids is 1. The van der Waals surface area contributed by atoms with Crippen molar-refractivity contribution in [3.8, 4) is 11.3 Å². The van der Waals surface area contributed by atoms with Crippen LogP contribution >= 0.6 is 0 Å². The number of piperidine rings is 1. The maximum Gasteiger partial charge on any atom is 0.315 e. The minimum atomic E-state index is -0.137. The lowest BCUT2D eigenvalue weighted by Crippen LogP contribution is -2.48. The number of hydrogen-bond acceptors (Lipinski definition) is 4. The van der Waals surface area contributed by atoms with Crippen molar-refractivity contribution < 1.29 is 9.32 Å². The van der Waals surface area contributed by atoms with Crippen molar-refractivity contribution in [2.45, 2.75) is 44.3 Å². The Bertz CT molecular complexity index is 703. The third kappa shape index (κ3) is 4.20. The molecule has 132 valence electrons. The van der Waals surface area contributed by atoms with E-state index in [1.54, 1.807) is 0 Å². The van der Waals surface area contributed by atoms with Gasteiger partial charge in [0.1, 0.15) is 5.69 Å². The zero-order valence-electron chi connectivity index (χ0n) is 14.3. The Labute approximate surface area is 147 Å². The minimum absolute atomic E-state index is 0.137. The van der Waals surface area contributed by atoms with Crippen molar-refractivity contribution in [2.24, 2.45) is 0 Å². The van der Waals surface area contributed by atoms with Gasteiger partial charge >= 0.3 is 6.03 Å². The third-order valence-corrected chi connectivity index (χ3v) is 4.98. The third-order valence-electron chi connectivity index (χ3n) is 4.98. The summed E-state index contributed by atoms with van der Waals surface area (Å²) in [6, 6.07) is 12.7. The summed E-state index contributed by atoms with van der Waals surface area (Å²) in [5, 5.41) is 9.99. The number of nitrogens with one attached hydrogen (secondary N) is 2. The largest absolute Gasteiger partial charge is 0.359 e. The van der Waals surface area contributed by atoms with Crippen LogP contribution in [0.2, 0.25) is 0 Å². The molecule has 2 heterocycles. The topological polar surface area (TPSA) is 70.4 Å². The van der Waals surface area contributed by atoms with Crippen molar-refractivity contribution >= 4 is 6.03 Å². The number of hydrogen-bond donors (Lipinski definition) is 2. The van der Waals surface area contributed by atoms with Gasteiger partial charge < -0.3 is 20.1 Å². The highest BCUT2D eigenvalue weighted by Gasteiger charge is 2.32. The van der Waals surface area contributed by atoms with Gasteiger partial charge in [0.15, 0.2) is 5.76 Å². The van der Waals surface area contributed by atoms with Gasteiger partial charge in [-0.05, 0) is 25.7 Å². The molecule has 2 N–H and O–H groups in total. The Kier molecular flexibility index (Phi) is 4.70. The fourth-order valence-corrected chi connectivity index (χ4v) is 3.39. The van der Waals surface area contributed by atoms with Crippen molar-refractivity contribution in [1.29, 1.82) is 0 Å². The molecule has 2 aliphatic rings. The van der Waals surface area contributed by atoms with Gasteiger partial charge in [-0.2, -0.15) is 0 Å². The molecule has 1 aromatic carbocycles. The van der Waals surface area contributed by atoms with Gasteiger partial charge in [0.25, 0.3) is 0 Å². The molecule has 1 aromatic heterocycles. The number of aromatic nitrogens is 1. The molecule has 1 aliphatic carbocycles. The molecule has 0 unspecified atom stereocenters. The predicted molar refractivity (Wildman–Crippen MR) is 94.9 cm³/mol. The molecule has 4 rings (SSSR count). The lowest BCUT2D eigenvalue weighted by atomic mass is 10.1. The maximum absolute atomic E-state index is 12.1. The van der Waals surface area contributed by atoms with Crippen LogP contribution in [0.25, 0.3) is 11.3 Å². The van der Waals surface area contributed by atoms with E-state index in [-0.39, 0.29) is 12.1 Å². The predicted octanol–water partition coefficient (Wildman–Crippen LogP) is 2.77. The van der Waals surface area contributed by atoms with Crippen LogP contribution in [0.1, 0.15) is 31.4 Å². The Morgan fingerprint density at radius 3 is 2.64 bits per heavy atom. The van der Waals surface area contributed by atoms with Crippen LogP contribution in [-0.2, 0) is 6.54 Å². The number of rotatable bonds is 5. The van der Waals surface area contributed by atoms with Crippen molar-refractivity contribution in [3.63, 3.8) is 0 Å². The lowest BCUT2D eigenvalue weighted by Gasteiger charge is -2.32. The summed E-state index contributed by atoms with van der Waals surface area (Å²) in [5.41, 5.74) is 1.79. The second-order valence-corrected chi connectivity index (χ2v) is 6.91. The van der Waals surface area contributed by atoms with Crippen LogP contribution in [0, 0.1) is 0 Å². The summed E-state index contributed by atoms with van der Waals surface area (Å²) in [4.78, 5) is 14.6. The summed E-state index contributed by atoms with van der Waals surface area (Å²) in [6.07, 6.45) is 4.76. The van der Waals surface area contributed by atoms with E-state index in [1.165, 1.54) is 12.8 Å². The summed E-state index contributed by atoms with van der Waals surface area (Å²) < 4.78 is 5.31. The highest BCUT2D eigenvalue weighted by Crippen LogP contribution is 2.29. The van der Waals surface area contributed by atoms with Gasteiger partial charge in [-0.15, -0.1) is 0 Å². The Morgan fingerprint density at radius 2 is 1.92 bits per heavy atom. The smallest absolute Gasteiger partial charge is 0.315 e. The minimum Gasteiger partial charge on any atom is -0.359 e. The maximum atomic E-state index is 12.1. The Balaban J connectivity index is 1.22. The molecule has 1 aliphatic heterocycles. The molecule has 1 saturated heterocycles. The fourth-order valence-electron chi connectivity index (χ4n) is 3.39. The van der Waals surface area contributed by atoms with Crippen LogP contribution in [0.3, 0.4) is 0 Å². The standard InChI is InChI=1S/C19H24N4O2/c24-19(21-15-8-10-23(11-9-15)16-6-7-16)20-13-17-12-18(22-25-17)14-4-2-1-3-5-14/h1-5,12,15-16H,6-11,13H2,(H2,20,21,24). The zero-order valence-corrected chi connectivity index (χ0v) is 14.3. The van der Waals surface area contributed by atoms with E-state index < -0.39 is 0 Å². The molecule has 0 spiro atoms. The van der Waals surface area contributed by atoms with Crippen LogP contribution < -0.4 is 10.6 Å². The number of nitrogens with zero attached hydrogens (tertiary/aromatic N) is 2. The molecule has 1 saturated carbocycles. The van der Waals surface area contributed by atoms with Gasteiger partial charge in [0.2, 0.25) is 0 Å². The SMILES string of the molecule is O=C(NCc1cc(-c2ccccc2)no1)NC1CCN(C2CC2)CC1. The number of benzene rings is 1. The molecule has 0 bridgehead atoms. The molecule has 25 heavy (non-hydrogen) atoms. The first-order valence-electron chi connectivity index (χ1n) is 9.07. The van der Waals surface area contributed by atoms with E-state index in [0.717, 1.165) is 43.2 Å². The average Bonchev–Trinajstić information content (AvgIpc) is 3.39. The summed E-state index contributed by atoms with van der Waals surface area (Å²) in [5.74, 6) is 0.651. The average molecular weight is 340 g/mol. The van der Waals surface area contributed by atoms with Crippen LogP contribution in [0.15, 0.2) is 40.9 Å². The van der Waals surface area contributed by atoms with Gasteiger partial charge in [-0.1, -0.05) is 35.5 Å². The molecule has 0 radical (unpaired) electrons. The number of amides is 2. The molecular weight excluding hydrogens is 316 g/mol. The van der Waals surface area contributed by atoms with E-state index in [0.29, 0.717) is 12.3 Å². The van der Waals surface area contributed by atoms with Gasteiger partial charge in [0.05, 0.1) is 6.54 Å². The number of urea groups is 1. The molecule has 2 amide bonds. The molecule has 6 heteroatoms. The van der Waals surface area contributed by atoms with Crippen LogP contribution in [-0.4, -0.2) is 41.3 Å². The van der Waals surface area contributed by atoms with Gasteiger partial charge in [0, 0.05) is 36.8 Å². The van der Waals surface area contributed by atoms with E-state index in [9.17, 15) is 4.79 Å². The summed E-state index contributed by atoms with van der Waals surface area (Å²) in [6.45, 7) is 2.53. The quantitative estimate of drug-likeness (QED) is 0.878. The van der Waals surface area contributed by atoms with Crippen LogP contribution in [0.4, 0.5) is 4.79 Å². The fraction of sp³-hybridized carbons (Fsp3) is 0.474. The van der Waals surface area contributed by atoms with E-state index in [4.69, 9.17) is 4.52 Å². The molecule has 2 fully saturated rings. The number of carbonyl (C=O) groups is 1. The molecular formula is C19H24N4O2. The zero-order chi connectivity index (χ0) is 17.1. The van der Waals surface area contributed by atoms with Crippen molar-refractivity contribution in [3.05, 3.63) is 42.2 Å². The van der Waals surface area contributed by atoms with E-state index >= 15 is 0 Å². The first kappa shape index (κ1) is 16.1.